The number of methoxy groups -OCH3 is 1. The van der Waals surface area contributed by atoms with Crippen LogP contribution in [-0.2, 0) is 0 Å². The van der Waals surface area contributed by atoms with Crippen molar-refractivity contribution in [2.45, 2.75) is 40.0 Å². The lowest BCUT2D eigenvalue weighted by atomic mass is 9.76. The van der Waals surface area contributed by atoms with E-state index in [2.05, 4.69) is 20.8 Å². The van der Waals surface area contributed by atoms with Gasteiger partial charge in [-0.25, -0.2) is 0 Å². The van der Waals surface area contributed by atoms with Crippen LogP contribution >= 0.6 is 0 Å². The van der Waals surface area contributed by atoms with Gasteiger partial charge in [0.15, 0.2) is 5.78 Å². The second kappa shape index (κ2) is 7.44. The van der Waals surface area contributed by atoms with E-state index in [9.17, 15) is 4.79 Å². The van der Waals surface area contributed by atoms with Gasteiger partial charge in [0.1, 0.15) is 5.75 Å². The lowest BCUT2D eigenvalue weighted by molar-refractivity contribution is 0.0957. The number of rotatable bonds is 7. The van der Waals surface area contributed by atoms with E-state index in [1.807, 2.05) is 24.3 Å². The number of nitrogens with two attached hydrogens (primary N) is 1. The van der Waals surface area contributed by atoms with Gasteiger partial charge >= 0.3 is 0 Å². The summed E-state index contributed by atoms with van der Waals surface area (Å²) < 4.78 is 5.10. The number of carbonyl (C=O) groups excluding carboxylic acids is 1. The van der Waals surface area contributed by atoms with E-state index in [1.165, 1.54) is 0 Å². The average Bonchev–Trinajstić information content (AvgIpc) is 2.42. The molecule has 0 aromatic heterocycles. The molecular weight excluding hydrogens is 250 g/mol. The average molecular weight is 277 g/mol. The van der Waals surface area contributed by atoms with Crippen molar-refractivity contribution in [3.05, 3.63) is 29.8 Å². The number of hydrogen-bond acceptors (Lipinski definition) is 3. The van der Waals surface area contributed by atoms with Gasteiger partial charge in [-0.2, -0.15) is 0 Å². The Labute approximate surface area is 122 Å². The fourth-order valence-corrected chi connectivity index (χ4v) is 2.44. The Hall–Kier alpha value is -1.35. The zero-order chi connectivity index (χ0) is 15.2. The van der Waals surface area contributed by atoms with Crippen LogP contribution in [0.2, 0.25) is 0 Å². The Morgan fingerprint density at radius 3 is 2.25 bits per heavy atom. The SMILES string of the molecule is COc1ccc(C(=O)CCC(CCN)C(C)(C)C)cc1. The molecule has 0 saturated heterocycles. The molecule has 0 radical (unpaired) electrons. The van der Waals surface area contributed by atoms with E-state index in [-0.39, 0.29) is 11.2 Å². The number of benzene rings is 1. The highest BCUT2D eigenvalue weighted by Gasteiger charge is 2.24. The number of hydrogen-bond donors (Lipinski definition) is 1. The maximum absolute atomic E-state index is 12.2. The van der Waals surface area contributed by atoms with Crippen molar-refractivity contribution in [2.24, 2.45) is 17.1 Å². The first-order valence-electron chi connectivity index (χ1n) is 7.25. The Bertz CT molecular complexity index is 418. The fraction of sp³-hybridized carbons (Fsp3) is 0.588. The summed E-state index contributed by atoms with van der Waals surface area (Å²) in [6.45, 7) is 7.32. The van der Waals surface area contributed by atoms with Crippen LogP contribution in [-0.4, -0.2) is 19.4 Å². The molecule has 1 atom stereocenters. The van der Waals surface area contributed by atoms with Crippen LogP contribution in [0.5, 0.6) is 5.75 Å². The van der Waals surface area contributed by atoms with Crippen molar-refractivity contribution in [3.63, 3.8) is 0 Å². The minimum absolute atomic E-state index is 0.193. The second-order valence-corrected chi connectivity index (χ2v) is 6.33. The molecule has 0 aliphatic carbocycles. The number of carbonyl (C=O) groups is 1. The molecule has 1 unspecified atom stereocenters. The molecule has 0 saturated carbocycles. The normalized spacial score (nSPS) is 13.1. The third-order valence-corrected chi connectivity index (χ3v) is 3.87. The zero-order valence-corrected chi connectivity index (χ0v) is 13.1. The third kappa shape index (κ3) is 4.97. The molecule has 20 heavy (non-hydrogen) atoms. The molecule has 0 aliphatic heterocycles. The van der Waals surface area contributed by atoms with Crippen molar-refractivity contribution >= 4 is 5.78 Å². The van der Waals surface area contributed by atoms with Gasteiger partial charge in [0.25, 0.3) is 0 Å². The quantitative estimate of drug-likeness (QED) is 0.774. The molecule has 0 fully saturated rings. The predicted octanol–water partition coefficient (Wildman–Crippen LogP) is 3.67. The highest BCUT2D eigenvalue weighted by Crippen LogP contribution is 2.32. The maximum atomic E-state index is 12.2. The molecule has 0 bridgehead atoms. The summed E-state index contributed by atoms with van der Waals surface area (Å²) in [5, 5.41) is 0. The van der Waals surface area contributed by atoms with Gasteiger partial charge in [-0.3, -0.25) is 4.79 Å². The topological polar surface area (TPSA) is 52.3 Å². The van der Waals surface area contributed by atoms with Crippen molar-refractivity contribution in [1.29, 1.82) is 0 Å². The standard InChI is InChI=1S/C17H27NO2/c1-17(2,3)14(11-12-18)7-10-16(19)13-5-8-15(20-4)9-6-13/h5-6,8-9,14H,7,10-12,18H2,1-4H3. The summed E-state index contributed by atoms with van der Waals surface area (Å²) in [6.07, 6.45) is 2.44. The van der Waals surface area contributed by atoms with Gasteiger partial charge in [0.2, 0.25) is 0 Å². The van der Waals surface area contributed by atoms with Crippen LogP contribution in [0.4, 0.5) is 0 Å². The van der Waals surface area contributed by atoms with Gasteiger partial charge in [0, 0.05) is 12.0 Å². The van der Waals surface area contributed by atoms with E-state index >= 15 is 0 Å². The monoisotopic (exact) mass is 277 g/mol. The summed E-state index contributed by atoms with van der Waals surface area (Å²) >= 11 is 0. The predicted molar refractivity (Wildman–Crippen MR) is 83.2 cm³/mol. The van der Waals surface area contributed by atoms with Crippen LogP contribution in [0.1, 0.15) is 50.4 Å². The Morgan fingerprint density at radius 1 is 1.20 bits per heavy atom. The lowest BCUT2D eigenvalue weighted by Gasteiger charge is -2.30. The largest absolute Gasteiger partial charge is 0.497 e. The van der Waals surface area contributed by atoms with Crippen LogP contribution < -0.4 is 10.5 Å². The second-order valence-electron chi connectivity index (χ2n) is 6.33. The third-order valence-electron chi connectivity index (χ3n) is 3.87. The van der Waals surface area contributed by atoms with E-state index in [4.69, 9.17) is 10.5 Å². The molecular formula is C17H27NO2. The fourth-order valence-electron chi connectivity index (χ4n) is 2.44. The van der Waals surface area contributed by atoms with Gasteiger partial charge in [0.05, 0.1) is 7.11 Å². The molecule has 0 aliphatic rings. The molecule has 2 N–H and O–H groups in total. The van der Waals surface area contributed by atoms with Crippen molar-refractivity contribution in [2.75, 3.05) is 13.7 Å². The summed E-state index contributed by atoms with van der Waals surface area (Å²) in [5.41, 5.74) is 6.63. The lowest BCUT2D eigenvalue weighted by Crippen LogP contribution is -2.24. The highest BCUT2D eigenvalue weighted by atomic mass is 16.5. The zero-order valence-electron chi connectivity index (χ0n) is 13.1. The molecule has 1 rings (SSSR count). The molecule has 3 nitrogen and oxygen atoms in total. The minimum atomic E-state index is 0.193. The van der Waals surface area contributed by atoms with Crippen LogP contribution in [0.15, 0.2) is 24.3 Å². The van der Waals surface area contributed by atoms with Gasteiger partial charge in [-0.15, -0.1) is 0 Å². The Morgan fingerprint density at radius 2 is 1.80 bits per heavy atom. The molecule has 0 amide bonds. The molecule has 3 heteroatoms. The van der Waals surface area contributed by atoms with Crippen LogP contribution in [0.3, 0.4) is 0 Å². The summed E-state index contributed by atoms with van der Waals surface area (Å²) in [6, 6.07) is 7.31. The van der Waals surface area contributed by atoms with Crippen LogP contribution in [0, 0.1) is 11.3 Å². The van der Waals surface area contributed by atoms with E-state index in [1.54, 1.807) is 7.11 Å². The van der Waals surface area contributed by atoms with E-state index < -0.39 is 0 Å². The number of ether oxygens (including phenoxy) is 1. The van der Waals surface area contributed by atoms with Gasteiger partial charge in [-0.05, 0) is 55.0 Å². The number of ketones is 1. The first-order chi connectivity index (χ1) is 9.38. The molecule has 1 aromatic rings. The highest BCUT2D eigenvalue weighted by molar-refractivity contribution is 5.96. The van der Waals surface area contributed by atoms with Gasteiger partial charge < -0.3 is 10.5 Å². The summed E-state index contributed by atoms with van der Waals surface area (Å²) in [5.74, 6) is 1.45. The maximum Gasteiger partial charge on any atom is 0.162 e. The van der Waals surface area contributed by atoms with Crippen molar-refractivity contribution in [3.8, 4) is 5.75 Å². The summed E-state index contributed by atoms with van der Waals surface area (Å²) in [4.78, 5) is 12.2. The first-order valence-corrected chi connectivity index (χ1v) is 7.25. The van der Waals surface area contributed by atoms with Crippen molar-refractivity contribution in [1.82, 2.24) is 0 Å². The Kier molecular flexibility index (Phi) is 6.21. The van der Waals surface area contributed by atoms with E-state index in [0.717, 1.165) is 24.2 Å². The van der Waals surface area contributed by atoms with Gasteiger partial charge in [-0.1, -0.05) is 20.8 Å². The molecule has 1 aromatic carbocycles. The smallest absolute Gasteiger partial charge is 0.162 e. The minimum Gasteiger partial charge on any atom is -0.497 e. The van der Waals surface area contributed by atoms with Crippen molar-refractivity contribution < 1.29 is 9.53 Å². The van der Waals surface area contributed by atoms with Crippen LogP contribution in [0.25, 0.3) is 0 Å². The Balaban J connectivity index is 2.60. The molecule has 112 valence electrons. The first kappa shape index (κ1) is 16.7. The molecule has 0 heterocycles. The molecule has 0 spiro atoms. The van der Waals surface area contributed by atoms with E-state index in [0.29, 0.717) is 18.9 Å². The summed E-state index contributed by atoms with van der Waals surface area (Å²) in [7, 11) is 1.62. The number of Topliss-reactive ketones (excluding diaryl/α,β-unsaturated/α-hetero) is 1.